The van der Waals surface area contributed by atoms with Gasteiger partial charge in [-0.3, -0.25) is 4.90 Å². The van der Waals surface area contributed by atoms with Gasteiger partial charge >= 0.3 is 0 Å². The summed E-state index contributed by atoms with van der Waals surface area (Å²) in [5, 5.41) is 3.16. The summed E-state index contributed by atoms with van der Waals surface area (Å²) < 4.78 is 0. The zero-order valence-electron chi connectivity index (χ0n) is 13.3. The van der Waals surface area contributed by atoms with Crippen LogP contribution in [0.5, 0.6) is 0 Å². The second-order valence-corrected chi connectivity index (χ2v) is 6.05. The van der Waals surface area contributed by atoms with E-state index in [9.17, 15) is 0 Å². The quantitative estimate of drug-likeness (QED) is 0.915. The lowest BCUT2D eigenvalue weighted by atomic mass is 10.1. The van der Waals surface area contributed by atoms with Crippen molar-refractivity contribution >= 4 is 5.82 Å². The monoisotopic (exact) mass is 277 g/mol. The van der Waals surface area contributed by atoms with Gasteiger partial charge in [0.2, 0.25) is 0 Å². The van der Waals surface area contributed by atoms with Gasteiger partial charge < -0.3 is 10.2 Å². The SMILES string of the molecule is CNc1cc(C(C)C)nc(C2CN(C)CCCN2C)n1. The van der Waals surface area contributed by atoms with Crippen molar-refractivity contribution in [1.29, 1.82) is 0 Å². The molecule has 2 rings (SSSR count). The Morgan fingerprint density at radius 3 is 2.65 bits per heavy atom. The Bertz CT molecular complexity index is 446. The maximum atomic E-state index is 4.81. The Kier molecular flexibility index (Phi) is 4.94. The first-order valence-corrected chi connectivity index (χ1v) is 7.46. The smallest absolute Gasteiger partial charge is 0.149 e. The number of hydrogen-bond donors (Lipinski definition) is 1. The molecule has 1 aromatic heterocycles. The third-order valence-corrected chi connectivity index (χ3v) is 3.98. The Labute approximate surface area is 122 Å². The highest BCUT2D eigenvalue weighted by molar-refractivity contribution is 5.36. The van der Waals surface area contributed by atoms with E-state index in [2.05, 4.69) is 49.1 Å². The largest absolute Gasteiger partial charge is 0.373 e. The molecule has 5 heteroatoms. The van der Waals surface area contributed by atoms with E-state index in [-0.39, 0.29) is 6.04 Å². The van der Waals surface area contributed by atoms with Crippen molar-refractivity contribution in [2.45, 2.75) is 32.2 Å². The molecule has 0 radical (unpaired) electrons. The summed E-state index contributed by atoms with van der Waals surface area (Å²) in [6, 6.07) is 2.32. The van der Waals surface area contributed by atoms with E-state index >= 15 is 0 Å². The summed E-state index contributed by atoms with van der Waals surface area (Å²) in [5.74, 6) is 2.27. The van der Waals surface area contributed by atoms with Gasteiger partial charge in [-0.1, -0.05) is 13.8 Å². The molecule has 1 fully saturated rings. The minimum atomic E-state index is 0.272. The first-order chi connectivity index (χ1) is 9.51. The fourth-order valence-corrected chi connectivity index (χ4v) is 2.61. The van der Waals surface area contributed by atoms with Gasteiger partial charge in [0.15, 0.2) is 0 Å². The molecular formula is C15H27N5. The molecule has 0 aliphatic carbocycles. The Morgan fingerprint density at radius 1 is 1.25 bits per heavy atom. The molecular weight excluding hydrogens is 250 g/mol. The van der Waals surface area contributed by atoms with Crippen molar-refractivity contribution in [3.05, 3.63) is 17.6 Å². The average Bonchev–Trinajstić information content (AvgIpc) is 2.59. The summed E-state index contributed by atoms with van der Waals surface area (Å²) >= 11 is 0. The minimum absolute atomic E-state index is 0.272. The summed E-state index contributed by atoms with van der Waals surface area (Å²) in [7, 11) is 6.27. The van der Waals surface area contributed by atoms with Crippen LogP contribution < -0.4 is 5.32 Å². The zero-order valence-corrected chi connectivity index (χ0v) is 13.3. The minimum Gasteiger partial charge on any atom is -0.373 e. The van der Waals surface area contributed by atoms with Crippen LogP contribution >= 0.6 is 0 Å². The van der Waals surface area contributed by atoms with Gasteiger partial charge in [0.25, 0.3) is 0 Å². The fourth-order valence-electron chi connectivity index (χ4n) is 2.61. The van der Waals surface area contributed by atoms with E-state index < -0.39 is 0 Å². The lowest BCUT2D eigenvalue weighted by molar-refractivity contribution is 0.219. The van der Waals surface area contributed by atoms with E-state index in [4.69, 9.17) is 9.97 Å². The number of anilines is 1. The second-order valence-electron chi connectivity index (χ2n) is 6.05. The maximum Gasteiger partial charge on any atom is 0.149 e. The molecule has 112 valence electrons. The van der Waals surface area contributed by atoms with Gasteiger partial charge in [-0.25, -0.2) is 9.97 Å². The van der Waals surface area contributed by atoms with E-state index in [0.29, 0.717) is 5.92 Å². The Balaban J connectivity index is 2.36. The lowest BCUT2D eigenvalue weighted by Gasteiger charge is -2.27. The van der Waals surface area contributed by atoms with Gasteiger partial charge in [0.1, 0.15) is 11.6 Å². The summed E-state index contributed by atoms with van der Waals surface area (Å²) in [6.45, 7) is 7.58. The van der Waals surface area contributed by atoms with Crippen LogP contribution in [0.25, 0.3) is 0 Å². The predicted octanol–water partition coefficient (Wildman–Crippen LogP) is 1.95. The molecule has 1 aliphatic rings. The Hall–Kier alpha value is -1.20. The molecule has 1 aromatic rings. The van der Waals surface area contributed by atoms with E-state index in [1.165, 1.54) is 6.42 Å². The van der Waals surface area contributed by atoms with E-state index in [1.54, 1.807) is 0 Å². The van der Waals surface area contributed by atoms with Gasteiger partial charge in [0, 0.05) is 25.4 Å². The highest BCUT2D eigenvalue weighted by Gasteiger charge is 2.25. The molecule has 1 saturated heterocycles. The standard InChI is InChI=1S/C15H27N5/c1-11(2)12-9-14(16-3)18-15(17-12)13-10-19(4)7-6-8-20(13)5/h9,11,13H,6-8,10H2,1-5H3,(H,16,17,18). The molecule has 20 heavy (non-hydrogen) atoms. The predicted molar refractivity (Wildman–Crippen MR) is 83.2 cm³/mol. The highest BCUT2D eigenvalue weighted by Crippen LogP contribution is 2.24. The molecule has 2 heterocycles. The van der Waals surface area contributed by atoms with Crippen molar-refractivity contribution in [1.82, 2.24) is 19.8 Å². The number of hydrogen-bond acceptors (Lipinski definition) is 5. The van der Waals surface area contributed by atoms with E-state index in [0.717, 1.165) is 37.0 Å². The number of nitrogens with zero attached hydrogens (tertiary/aromatic N) is 4. The van der Waals surface area contributed by atoms with Crippen molar-refractivity contribution in [3.63, 3.8) is 0 Å². The number of aromatic nitrogens is 2. The van der Waals surface area contributed by atoms with Crippen molar-refractivity contribution in [2.24, 2.45) is 0 Å². The number of rotatable bonds is 3. The average molecular weight is 277 g/mol. The molecule has 1 N–H and O–H groups in total. The van der Waals surface area contributed by atoms with Crippen molar-refractivity contribution in [2.75, 3.05) is 46.1 Å². The topological polar surface area (TPSA) is 44.3 Å². The zero-order chi connectivity index (χ0) is 14.7. The second kappa shape index (κ2) is 6.50. The molecule has 1 atom stereocenters. The molecule has 1 unspecified atom stereocenters. The van der Waals surface area contributed by atoms with Crippen LogP contribution in [0.3, 0.4) is 0 Å². The molecule has 0 bridgehead atoms. The summed E-state index contributed by atoms with van der Waals surface area (Å²) in [5.41, 5.74) is 1.11. The first kappa shape index (κ1) is 15.2. The van der Waals surface area contributed by atoms with Crippen LogP contribution in [0.15, 0.2) is 6.07 Å². The van der Waals surface area contributed by atoms with Crippen LogP contribution in [-0.2, 0) is 0 Å². The molecule has 5 nitrogen and oxygen atoms in total. The summed E-state index contributed by atoms with van der Waals surface area (Å²) in [4.78, 5) is 14.3. The van der Waals surface area contributed by atoms with Gasteiger partial charge in [-0.15, -0.1) is 0 Å². The third-order valence-electron chi connectivity index (χ3n) is 3.98. The molecule has 0 aromatic carbocycles. The van der Waals surface area contributed by atoms with Crippen LogP contribution in [0.4, 0.5) is 5.82 Å². The van der Waals surface area contributed by atoms with Gasteiger partial charge in [-0.2, -0.15) is 0 Å². The first-order valence-electron chi connectivity index (χ1n) is 7.46. The van der Waals surface area contributed by atoms with Crippen molar-refractivity contribution in [3.8, 4) is 0 Å². The fraction of sp³-hybridized carbons (Fsp3) is 0.733. The van der Waals surface area contributed by atoms with Gasteiger partial charge in [0.05, 0.1) is 6.04 Å². The van der Waals surface area contributed by atoms with Crippen molar-refractivity contribution < 1.29 is 0 Å². The number of nitrogens with one attached hydrogen (secondary N) is 1. The number of likely N-dealkylation sites (N-methyl/N-ethyl adjacent to an activating group) is 2. The molecule has 0 amide bonds. The van der Waals surface area contributed by atoms with E-state index in [1.807, 2.05) is 7.05 Å². The lowest BCUT2D eigenvalue weighted by Crippen LogP contribution is -2.32. The molecule has 0 saturated carbocycles. The molecule has 1 aliphatic heterocycles. The normalized spacial score (nSPS) is 22.0. The third kappa shape index (κ3) is 3.46. The Morgan fingerprint density at radius 2 is 2.00 bits per heavy atom. The van der Waals surface area contributed by atoms with Crippen LogP contribution in [0.2, 0.25) is 0 Å². The van der Waals surface area contributed by atoms with Crippen LogP contribution in [0, 0.1) is 0 Å². The molecule has 0 spiro atoms. The summed E-state index contributed by atoms with van der Waals surface area (Å²) in [6.07, 6.45) is 1.20. The highest BCUT2D eigenvalue weighted by atomic mass is 15.2. The maximum absolute atomic E-state index is 4.81. The van der Waals surface area contributed by atoms with Gasteiger partial charge in [-0.05, 0) is 39.5 Å². The van der Waals surface area contributed by atoms with Crippen LogP contribution in [-0.4, -0.2) is 60.5 Å². The van der Waals surface area contributed by atoms with Crippen LogP contribution in [0.1, 0.15) is 43.7 Å².